The van der Waals surface area contributed by atoms with Crippen molar-refractivity contribution in [2.75, 3.05) is 19.7 Å². The van der Waals surface area contributed by atoms with E-state index >= 15 is 0 Å². The molecule has 250 valence electrons. The van der Waals surface area contributed by atoms with Crippen LogP contribution < -0.4 is 10.1 Å². The van der Waals surface area contributed by atoms with Crippen LogP contribution in [0.5, 0.6) is 5.75 Å². The number of amides is 1. The number of para-hydroxylation sites is 3. The van der Waals surface area contributed by atoms with Crippen molar-refractivity contribution in [3.8, 4) is 17.0 Å². The number of fused-ring (bicyclic) bond motifs is 6. The molecule has 10 heteroatoms. The highest BCUT2D eigenvalue weighted by molar-refractivity contribution is 6.01. The summed E-state index contributed by atoms with van der Waals surface area (Å²) in [6, 6.07) is 21.8. The minimum atomic E-state index is -0.842. The molecule has 1 saturated heterocycles. The lowest BCUT2D eigenvalue weighted by molar-refractivity contribution is -0.143. The van der Waals surface area contributed by atoms with Crippen LogP contribution in [0.1, 0.15) is 79.5 Å². The van der Waals surface area contributed by atoms with Crippen molar-refractivity contribution in [2.45, 2.75) is 75.9 Å². The zero-order chi connectivity index (χ0) is 32.1. The molecule has 8 rings (SSSR count). The van der Waals surface area contributed by atoms with Crippen molar-refractivity contribution in [1.82, 2.24) is 24.8 Å². The molecule has 5 aromatic rings. The lowest BCUT2D eigenvalue weighted by atomic mass is 9.81. The number of likely N-dealkylation sites (tertiary alicyclic amines) is 1. The van der Waals surface area contributed by atoms with Crippen LogP contribution in [0.15, 0.2) is 66.7 Å². The van der Waals surface area contributed by atoms with E-state index in [0.717, 1.165) is 27.9 Å². The van der Waals surface area contributed by atoms with Gasteiger partial charge in [0.25, 0.3) is 5.91 Å². The second kappa shape index (κ2) is 12.9. The molecule has 1 amide bonds. The number of nitrogens with one attached hydrogen (secondary N) is 2. The number of aromatic nitrogens is 3. The topological polar surface area (TPSA) is 112 Å². The highest BCUT2D eigenvalue weighted by Gasteiger charge is 2.42. The molecule has 0 bridgehead atoms. The molecule has 1 saturated carbocycles. The van der Waals surface area contributed by atoms with Crippen molar-refractivity contribution in [1.29, 1.82) is 0 Å². The zero-order valence-electron chi connectivity index (χ0n) is 27.2. The van der Waals surface area contributed by atoms with Gasteiger partial charge in [0.2, 0.25) is 0 Å². The van der Waals surface area contributed by atoms with E-state index in [1.165, 1.54) is 48.7 Å². The number of imidazole rings is 1. The molecule has 1 aliphatic carbocycles. The number of carbonyl (C=O) groups excluding carboxylic acids is 1. The average Bonchev–Trinajstić information content (AvgIpc) is 3.63. The third-order valence-corrected chi connectivity index (χ3v) is 10.8. The number of benzene rings is 3. The molecule has 3 aliphatic rings. The monoisotopic (exact) mass is 667 g/mol. The molecule has 9 nitrogen and oxygen atoms in total. The van der Waals surface area contributed by atoms with Gasteiger partial charge in [-0.15, -0.1) is 12.4 Å². The fourth-order valence-electron chi connectivity index (χ4n) is 8.22. The summed E-state index contributed by atoms with van der Waals surface area (Å²) in [7, 11) is 0. The van der Waals surface area contributed by atoms with Crippen molar-refractivity contribution in [3.63, 3.8) is 0 Å². The number of H-pyrrole nitrogens is 1. The first-order chi connectivity index (χ1) is 22.9. The number of aliphatic carboxylic acids is 1. The minimum Gasteiger partial charge on any atom is -0.491 e. The Kier molecular flexibility index (Phi) is 8.68. The quantitative estimate of drug-likeness (QED) is 0.176. The van der Waals surface area contributed by atoms with E-state index in [4.69, 9.17) is 9.72 Å². The first-order valence-electron chi connectivity index (χ1n) is 17.0. The van der Waals surface area contributed by atoms with Crippen LogP contribution in [0.25, 0.3) is 33.2 Å². The Morgan fingerprint density at radius 1 is 1.00 bits per heavy atom. The Balaban J connectivity index is 0.00000364. The summed E-state index contributed by atoms with van der Waals surface area (Å²) in [6.07, 6.45) is 7.19. The molecule has 3 N–H and O–H groups in total. The molecule has 0 spiro atoms. The molecule has 3 aromatic carbocycles. The van der Waals surface area contributed by atoms with E-state index in [-0.39, 0.29) is 18.3 Å². The predicted octanol–water partition coefficient (Wildman–Crippen LogP) is 7.24. The molecule has 0 radical (unpaired) electrons. The van der Waals surface area contributed by atoms with Gasteiger partial charge in [-0.1, -0.05) is 49.6 Å². The Hall–Kier alpha value is -4.34. The number of ether oxygens (including phenoxy) is 1. The first-order valence-corrected chi connectivity index (χ1v) is 17.0. The summed E-state index contributed by atoms with van der Waals surface area (Å²) in [4.78, 5) is 36.5. The molecular formula is C38H42ClN5O4. The predicted molar refractivity (Wildman–Crippen MR) is 189 cm³/mol. The minimum absolute atomic E-state index is 0. The lowest BCUT2D eigenvalue weighted by Crippen LogP contribution is -2.56. The molecule has 1 atom stereocenters. The van der Waals surface area contributed by atoms with Gasteiger partial charge in [0.05, 0.1) is 23.3 Å². The number of hydrogen-bond donors (Lipinski definition) is 3. The second-order valence-corrected chi connectivity index (χ2v) is 13.5. The number of piperidine rings is 1. The Morgan fingerprint density at radius 3 is 2.52 bits per heavy atom. The van der Waals surface area contributed by atoms with Crippen molar-refractivity contribution in [3.05, 3.63) is 83.7 Å². The summed E-state index contributed by atoms with van der Waals surface area (Å²) < 4.78 is 8.61. The van der Waals surface area contributed by atoms with Gasteiger partial charge < -0.3 is 24.7 Å². The van der Waals surface area contributed by atoms with Crippen LogP contribution in [0.3, 0.4) is 0 Å². The SMILES string of the molecule is CC(C(=O)O)N1CCC(NC(=O)c2ccc3c(C4CCCCC4)c4n(c3c2)CCOc2ccccc2-4)(c2nc3ccccc3[nH]2)CC1.Cl. The number of carboxylic acids is 1. The van der Waals surface area contributed by atoms with Crippen molar-refractivity contribution >= 4 is 46.2 Å². The number of halogens is 1. The smallest absolute Gasteiger partial charge is 0.320 e. The average molecular weight is 668 g/mol. The molecule has 48 heavy (non-hydrogen) atoms. The Labute approximate surface area is 286 Å². The highest BCUT2D eigenvalue weighted by atomic mass is 35.5. The van der Waals surface area contributed by atoms with Gasteiger partial charge in [-0.05, 0) is 80.5 Å². The molecule has 4 heterocycles. The summed E-state index contributed by atoms with van der Waals surface area (Å²) in [6.45, 7) is 4.05. The van der Waals surface area contributed by atoms with Gasteiger partial charge in [0.15, 0.2) is 0 Å². The van der Waals surface area contributed by atoms with Gasteiger partial charge in [0, 0.05) is 35.1 Å². The third-order valence-electron chi connectivity index (χ3n) is 10.8. The number of rotatable bonds is 6. The van der Waals surface area contributed by atoms with E-state index in [0.29, 0.717) is 56.4 Å². The van der Waals surface area contributed by atoms with E-state index < -0.39 is 17.6 Å². The molecular weight excluding hydrogens is 626 g/mol. The summed E-state index contributed by atoms with van der Waals surface area (Å²) >= 11 is 0. The van der Waals surface area contributed by atoms with Gasteiger partial charge >= 0.3 is 5.97 Å². The molecule has 2 fully saturated rings. The van der Waals surface area contributed by atoms with Crippen LogP contribution >= 0.6 is 12.4 Å². The zero-order valence-corrected chi connectivity index (χ0v) is 28.0. The second-order valence-electron chi connectivity index (χ2n) is 13.5. The van der Waals surface area contributed by atoms with Crippen molar-refractivity contribution in [2.24, 2.45) is 0 Å². The summed E-state index contributed by atoms with van der Waals surface area (Å²) in [5.74, 6) is 1.10. The Morgan fingerprint density at radius 2 is 1.75 bits per heavy atom. The first kappa shape index (κ1) is 32.2. The largest absolute Gasteiger partial charge is 0.491 e. The van der Waals surface area contributed by atoms with Crippen LogP contribution in [-0.4, -0.2) is 62.2 Å². The summed E-state index contributed by atoms with van der Waals surface area (Å²) in [5.41, 5.74) is 6.40. The summed E-state index contributed by atoms with van der Waals surface area (Å²) in [5, 5.41) is 14.3. The van der Waals surface area contributed by atoms with Crippen LogP contribution in [0, 0.1) is 0 Å². The molecule has 2 aromatic heterocycles. The van der Waals surface area contributed by atoms with Crippen LogP contribution in [0.2, 0.25) is 0 Å². The normalized spacial score (nSPS) is 18.6. The van der Waals surface area contributed by atoms with Gasteiger partial charge in [-0.3, -0.25) is 14.5 Å². The van der Waals surface area contributed by atoms with Crippen LogP contribution in [-0.2, 0) is 16.9 Å². The third kappa shape index (κ3) is 5.52. The lowest BCUT2D eigenvalue weighted by Gasteiger charge is -2.42. The van der Waals surface area contributed by atoms with Crippen LogP contribution in [0.4, 0.5) is 0 Å². The van der Waals surface area contributed by atoms with Gasteiger partial charge in [-0.25, -0.2) is 4.98 Å². The number of carbonyl (C=O) groups is 2. The fraction of sp³-hybridized carbons (Fsp3) is 0.395. The standard InChI is InChI=1S/C38H41N5O4.ClH/c1-24(36(45)46)42-19-17-38(18-20-42,37-39-29-12-6-7-13-30(29)40-37)41-35(44)26-15-16-27-31(23-26)43-21-22-47-32-14-8-5-11-28(32)34(43)33(27)25-9-3-2-4-10-25;/h5-8,11-16,23-25H,2-4,9-10,17-22H2,1H3,(H,39,40)(H,41,44)(H,45,46);1H. The van der Waals surface area contributed by atoms with E-state index in [2.05, 4.69) is 45.2 Å². The molecule has 1 unspecified atom stereocenters. The highest BCUT2D eigenvalue weighted by Crippen LogP contribution is 2.47. The maximum Gasteiger partial charge on any atom is 0.320 e. The number of hydrogen-bond acceptors (Lipinski definition) is 5. The van der Waals surface area contributed by atoms with Gasteiger partial charge in [0.1, 0.15) is 29.8 Å². The number of carboxylic acid groups (broad SMARTS) is 1. The van der Waals surface area contributed by atoms with Crippen molar-refractivity contribution < 1.29 is 19.4 Å². The van der Waals surface area contributed by atoms with E-state index in [1.807, 2.05) is 41.3 Å². The Bertz CT molecular complexity index is 1950. The number of aromatic amines is 1. The van der Waals surface area contributed by atoms with Gasteiger partial charge in [-0.2, -0.15) is 0 Å². The molecule has 2 aliphatic heterocycles. The fourth-order valence-corrected chi connectivity index (χ4v) is 8.22. The van der Waals surface area contributed by atoms with E-state index in [9.17, 15) is 14.7 Å². The maximum atomic E-state index is 14.3. The number of nitrogens with zero attached hydrogens (tertiary/aromatic N) is 3. The maximum absolute atomic E-state index is 14.3. The van der Waals surface area contributed by atoms with E-state index in [1.54, 1.807) is 6.92 Å².